The zero-order chi connectivity index (χ0) is 26.2. The van der Waals surface area contributed by atoms with Gasteiger partial charge in [-0.1, -0.05) is 41.1 Å². The number of aliphatic hydroxyl groups is 1. The SMILES string of the molecule is O=C(N[C@H]1CCC[C@@H](n2c(-c3ccccc3F)nc3cnc(-c4ccccn4)cc32)[C@@H]1O)c1ncc(Cl)s1. The van der Waals surface area contributed by atoms with Gasteiger partial charge in [0.2, 0.25) is 0 Å². The highest BCUT2D eigenvalue weighted by molar-refractivity contribution is 7.17. The summed E-state index contributed by atoms with van der Waals surface area (Å²) in [4.78, 5) is 30.5. The number of imidazole rings is 1. The lowest BCUT2D eigenvalue weighted by molar-refractivity contribution is 0.0417. The van der Waals surface area contributed by atoms with Gasteiger partial charge in [-0.2, -0.15) is 0 Å². The van der Waals surface area contributed by atoms with Crippen LogP contribution in [0.2, 0.25) is 4.34 Å². The van der Waals surface area contributed by atoms with Crippen LogP contribution in [0.5, 0.6) is 0 Å². The van der Waals surface area contributed by atoms with Crippen molar-refractivity contribution in [2.45, 2.75) is 37.5 Å². The van der Waals surface area contributed by atoms with Crippen molar-refractivity contribution >= 4 is 39.9 Å². The van der Waals surface area contributed by atoms with E-state index in [1.165, 1.54) is 12.3 Å². The van der Waals surface area contributed by atoms with Crippen LogP contribution in [-0.2, 0) is 0 Å². The molecule has 4 heterocycles. The van der Waals surface area contributed by atoms with E-state index in [1.54, 1.807) is 30.6 Å². The number of carbonyl (C=O) groups excluding carboxylic acids is 1. The molecule has 0 unspecified atom stereocenters. The highest BCUT2D eigenvalue weighted by Crippen LogP contribution is 2.38. The molecule has 38 heavy (non-hydrogen) atoms. The highest BCUT2D eigenvalue weighted by atomic mass is 35.5. The number of aromatic nitrogens is 5. The Morgan fingerprint density at radius 3 is 2.68 bits per heavy atom. The van der Waals surface area contributed by atoms with Gasteiger partial charge >= 0.3 is 0 Å². The quantitative estimate of drug-likeness (QED) is 0.309. The molecule has 0 aliphatic heterocycles. The van der Waals surface area contributed by atoms with Crippen LogP contribution >= 0.6 is 22.9 Å². The summed E-state index contributed by atoms with van der Waals surface area (Å²) in [6.45, 7) is 0. The summed E-state index contributed by atoms with van der Waals surface area (Å²) in [5, 5.41) is 14.7. The Kier molecular flexibility index (Phi) is 6.61. The zero-order valence-corrected chi connectivity index (χ0v) is 21.5. The lowest BCUT2D eigenvalue weighted by atomic mass is 9.87. The Morgan fingerprint density at radius 2 is 1.92 bits per heavy atom. The van der Waals surface area contributed by atoms with E-state index in [0.717, 1.165) is 17.8 Å². The maximum absolute atomic E-state index is 15.0. The standard InChI is InChI=1S/C27H22ClFN6O2S/c28-23-14-32-27(38-23)26(37)34-18-9-5-10-21(24(18)36)35-22-12-19(17-8-3-4-11-30-17)31-13-20(22)33-25(35)15-6-1-2-7-16(15)29/h1-4,6-8,11-14,18,21,24,36H,5,9-10H2,(H,34,37)/t18-,21+,24+/m0/s1. The molecule has 1 amide bonds. The largest absolute Gasteiger partial charge is 0.389 e. The van der Waals surface area contributed by atoms with Gasteiger partial charge in [0.15, 0.2) is 5.01 Å². The fraction of sp³-hybridized carbons (Fsp3) is 0.222. The van der Waals surface area contributed by atoms with Crippen molar-refractivity contribution in [2.24, 2.45) is 0 Å². The summed E-state index contributed by atoms with van der Waals surface area (Å²) in [6.07, 6.45) is 5.73. The first kappa shape index (κ1) is 24.6. The number of halogens is 2. The zero-order valence-electron chi connectivity index (χ0n) is 20.0. The lowest BCUT2D eigenvalue weighted by Gasteiger charge is -2.36. The first-order chi connectivity index (χ1) is 18.5. The molecule has 1 fully saturated rings. The van der Waals surface area contributed by atoms with Crippen molar-refractivity contribution in [2.75, 3.05) is 0 Å². The summed E-state index contributed by atoms with van der Waals surface area (Å²) in [5.41, 5.74) is 2.90. The van der Waals surface area contributed by atoms with Crippen molar-refractivity contribution in [1.82, 2.24) is 29.8 Å². The second kappa shape index (κ2) is 10.2. The summed E-state index contributed by atoms with van der Waals surface area (Å²) < 4.78 is 17.3. The van der Waals surface area contributed by atoms with Crippen molar-refractivity contribution in [3.05, 3.63) is 82.3 Å². The van der Waals surface area contributed by atoms with Crippen LogP contribution in [0.25, 0.3) is 33.8 Å². The van der Waals surface area contributed by atoms with Crippen LogP contribution in [0.3, 0.4) is 0 Å². The molecule has 4 aromatic heterocycles. The van der Waals surface area contributed by atoms with E-state index in [2.05, 4.69) is 20.3 Å². The van der Waals surface area contributed by atoms with Gasteiger partial charge in [0.05, 0.1) is 53.0 Å². The number of hydrogen-bond acceptors (Lipinski definition) is 7. The molecular formula is C27H22ClFN6O2S. The monoisotopic (exact) mass is 548 g/mol. The van der Waals surface area contributed by atoms with E-state index in [0.29, 0.717) is 51.0 Å². The van der Waals surface area contributed by atoms with Gasteiger partial charge in [-0.3, -0.25) is 14.8 Å². The third-order valence-corrected chi connectivity index (χ3v) is 7.87. The molecule has 11 heteroatoms. The first-order valence-corrected chi connectivity index (χ1v) is 13.3. The van der Waals surface area contributed by atoms with Gasteiger partial charge in [0.25, 0.3) is 5.91 Å². The second-order valence-electron chi connectivity index (χ2n) is 9.10. The molecule has 0 spiro atoms. The van der Waals surface area contributed by atoms with E-state index in [-0.39, 0.29) is 5.01 Å². The van der Waals surface area contributed by atoms with Gasteiger partial charge in [-0.05, 0) is 49.6 Å². The van der Waals surface area contributed by atoms with Crippen molar-refractivity contribution in [3.8, 4) is 22.8 Å². The number of amides is 1. The van der Waals surface area contributed by atoms with Crippen LogP contribution in [0, 0.1) is 5.82 Å². The number of benzene rings is 1. The Hall–Kier alpha value is -3.73. The number of nitrogens with zero attached hydrogens (tertiary/aromatic N) is 5. The average Bonchev–Trinajstić information content (AvgIpc) is 3.54. The van der Waals surface area contributed by atoms with E-state index < -0.39 is 29.9 Å². The van der Waals surface area contributed by atoms with Crippen LogP contribution in [0.15, 0.2) is 67.1 Å². The summed E-state index contributed by atoms with van der Waals surface area (Å²) in [7, 11) is 0. The Balaban J connectivity index is 1.44. The summed E-state index contributed by atoms with van der Waals surface area (Å²) in [6, 6.07) is 12.8. The minimum absolute atomic E-state index is 0.232. The molecule has 0 radical (unpaired) electrons. The van der Waals surface area contributed by atoms with Crippen LogP contribution in [0.1, 0.15) is 35.1 Å². The number of hydrogen-bond donors (Lipinski definition) is 2. The molecule has 8 nitrogen and oxygen atoms in total. The second-order valence-corrected chi connectivity index (χ2v) is 10.8. The molecule has 2 N–H and O–H groups in total. The highest BCUT2D eigenvalue weighted by Gasteiger charge is 2.37. The number of fused-ring (bicyclic) bond motifs is 1. The van der Waals surface area contributed by atoms with Gasteiger partial charge in [0, 0.05) is 6.20 Å². The number of nitrogens with one attached hydrogen (secondary N) is 1. The van der Waals surface area contributed by atoms with Gasteiger partial charge in [-0.25, -0.2) is 14.4 Å². The minimum Gasteiger partial charge on any atom is -0.389 e. The van der Waals surface area contributed by atoms with E-state index in [4.69, 9.17) is 16.6 Å². The maximum Gasteiger partial charge on any atom is 0.280 e. The fourth-order valence-corrected chi connectivity index (χ4v) is 5.82. The molecular weight excluding hydrogens is 527 g/mol. The molecule has 1 aliphatic carbocycles. The molecule has 1 saturated carbocycles. The van der Waals surface area contributed by atoms with Crippen LogP contribution < -0.4 is 5.32 Å². The van der Waals surface area contributed by atoms with Crippen molar-refractivity contribution in [1.29, 1.82) is 0 Å². The third kappa shape index (κ3) is 4.55. The molecule has 1 aromatic carbocycles. The first-order valence-electron chi connectivity index (χ1n) is 12.1. The maximum atomic E-state index is 15.0. The molecule has 0 bridgehead atoms. The Morgan fingerprint density at radius 1 is 1.08 bits per heavy atom. The van der Waals surface area contributed by atoms with Crippen LogP contribution in [-0.4, -0.2) is 47.7 Å². The summed E-state index contributed by atoms with van der Waals surface area (Å²) in [5.74, 6) is -0.420. The van der Waals surface area contributed by atoms with E-state index >= 15 is 4.39 Å². The number of aliphatic hydroxyl groups excluding tert-OH is 1. The fourth-order valence-electron chi connectivity index (χ4n) is 5.01. The molecule has 3 atom stereocenters. The molecule has 1 aliphatic rings. The van der Waals surface area contributed by atoms with E-state index in [9.17, 15) is 9.90 Å². The Bertz CT molecular complexity index is 1620. The smallest absolute Gasteiger partial charge is 0.280 e. The summed E-state index contributed by atoms with van der Waals surface area (Å²) >= 11 is 7.02. The van der Waals surface area contributed by atoms with Gasteiger partial charge < -0.3 is 15.0 Å². The lowest BCUT2D eigenvalue weighted by Crippen LogP contribution is -2.49. The van der Waals surface area contributed by atoms with E-state index in [1.807, 2.05) is 28.8 Å². The number of carbonyl (C=O) groups is 1. The Labute approximate surface area is 226 Å². The predicted molar refractivity (Wildman–Crippen MR) is 143 cm³/mol. The van der Waals surface area contributed by atoms with Crippen LogP contribution in [0.4, 0.5) is 4.39 Å². The topological polar surface area (TPSA) is 106 Å². The number of thiazole rings is 1. The van der Waals surface area contributed by atoms with Crippen molar-refractivity contribution < 1.29 is 14.3 Å². The molecule has 0 saturated heterocycles. The predicted octanol–water partition coefficient (Wildman–Crippen LogP) is 5.29. The van der Waals surface area contributed by atoms with Gasteiger partial charge in [0.1, 0.15) is 21.5 Å². The third-order valence-electron chi connectivity index (χ3n) is 6.76. The molecule has 5 aromatic rings. The average molecular weight is 549 g/mol. The molecule has 192 valence electrons. The van der Waals surface area contributed by atoms with Gasteiger partial charge in [-0.15, -0.1) is 0 Å². The number of rotatable bonds is 5. The normalized spacial score (nSPS) is 19.5. The van der Waals surface area contributed by atoms with Crippen molar-refractivity contribution in [3.63, 3.8) is 0 Å². The minimum atomic E-state index is -0.961. The molecule has 6 rings (SSSR count). The number of pyridine rings is 2.